The van der Waals surface area contributed by atoms with Gasteiger partial charge in [-0.3, -0.25) is 10.1 Å². The highest BCUT2D eigenvalue weighted by molar-refractivity contribution is 7.89. The van der Waals surface area contributed by atoms with Gasteiger partial charge in [-0.2, -0.15) is 4.31 Å². The van der Waals surface area contributed by atoms with Crippen LogP contribution in [-0.4, -0.2) is 24.7 Å². The van der Waals surface area contributed by atoms with E-state index in [2.05, 4.69) is 13.8 Å². The molecule has 2 rings (SSSR count). The van der Waals surface area contributed by atoms with E-state index in [1.807, 2.05) is 24.3 Å². The topological polar surface area (TPSA) is 80.5 Å². The molecule has 0 aliphatic rings. The minimum Gasteiger partial charge on any atom is -0.258 e. The lowest BCUT2D eigenvalue weighted by atomic mass is 10.0. The largest absolute Gasteiger partial charge is 0.273 e. The molecule has 0 N–H and O–H groups in total. The van der Waals surface area contributed by atoms with E-state index in [1.54, 1.807) is 6.92 Å². The van der Waals surface area contributed by atoms with E-state index in [-0.39, 0.29) is 17.1 Å². The highest BCUT2D eigenvalue weighted by atomic mass is 32.2. The summed E-state index contributed by atoms with van der Waals surface area (Å²) in [5.74, 6) is 0.406. The second kappa shape index (κ2) is 7.33. The molecule has 134 valence electrons. The molecule has 0 amide bonds. The number of rotatable bonds is 6. The average Bonchev–Trinajstić information content (AvgIpc) is 2.55. The summed E-state index contributed by atoms with van der Waals surface area (Å²) in [4.78, 5) is 10.4. The van der Waals surface area contributed by atoms with Crippen LogP contribution in [0.4, 0.5) is 5.69 Å². The zero-order valence-electron chi connectivity index (χ0n) is 14.8. The third-order valence-corrected chi connectivity index (χ3v) is 5.94. The van der Waals surface area contributed by atoms with Gasteiger partial charge in [-0.1, -0.05) is 44.2 Å². The summed E-state index contributed by atoms with van der Waals surface area (Å²) in [6.45, 7) is 5.96. The van der Waals surface area contributed by atoms with Gasteiger partial charge < -0.3 is 0 Å². The normalized spacial score (nSPS) is 11.9. The molecular weight excluding hydrogens is 340 g/mol. The van der Waals surface area contributed by atoms with Crippen molar-refractivity contribution in [1.82, 2.24) is 4.31 Å². The average molecular weight is 362 g/mol. The minimum atomic E-state index is -3.81. The van der Waals surface area contributed by atoms with Crippen molar-refractivity contribution in [2.24, 2.45) is 0 Å². The smallest absolute Gasteiger partial charge is 0.258 e. The first kappa shape index (κ1) is 19.1. The van der Waals surface area contributed by atoms with Crippen LogP contribution in [0.15, 0.2) is 47.4 Å². The fraction of sp³-hybridized carbons (Fsp3) is 0.333. The van der Waals surface area contributed by atoms with Crippen molar-refractivity contribution in [2.45, 2.75) is 38.1 Å². The van der Waals surface area contributed by atoms with Crippen LogP contribution >= 0.6 is 0 Å². The Kier molecular flexibility index (Phi) is 5.59. The molecule has 2 aromatic rings. The van der Waals surface area contributed by atoms with E-state index in [4.69, 9.17) is 0 Å². The molecule has 0 spiro atoms. The maximum absolute atomic E-state index is 12.7. The lowest BCUT2D eigenvalue weighted by molar-refractivity contribution is -0.385. The fourth-order valence-electron chi connectivity index (χ4n) is 2.48. The van der Waals surface area contributed by atoms with Crippen molar-refractivity contribution < 1.29 is 13.3 Å². The SMILES string of the molecule is Cc1ccc(S(=O)(=O)N(C)Cc2ccc(C(C)C)cc2)cc1[N+](=O)[O-]. The molecule has 0 aliphatic carbocycles. The zero-order chi connectivity index (χ0) is 18.8. The highest BCUT2D eigenvalue weighted by Gasteiger charge is 2.24. The molecule has 0 bridgehead atoms. The van der Waals surface area contributed by atoms with Gasteiger partial charge in [0.15, 0.2) is 0 Å². The number of nitrogens with zero attached hydrogens (tertiary/aromatic N) is 2. The maximum atomic E-state index is 12.7. The second-order valence-corrected chi connectivity index (χ2v) is 8.41. The number of nitro benzene ring substituents is 1. The molecule has 25 heavy (non-hydrogen) atoms. The first-order valence-electron chi connectivity index (χ1n) is 7.93. The molecule has 0 radical (unpaired) electrons. The predicted octanol–water partition coefficient (Wildman–Crippen LogP) is 3.85. The Morgan fingerprint density at radius 3 is 2.24 bits per heavy atom. The Hall–Kier alpha value is -2.25. The molecule has 6 nitrogen and oxygen atoms in total. The van der Waals surface area contributed by atoms with Crippen LogP contribution in [0.3, 0.4) is 0 Å². The van der Waals surface area contributed by atoms with Crippen molar-refractivity contribution >= 4 is 15.7 Å². The third kappa shape index (κ3) is 4.24. The Bertz CT molecular complexity index is 874. The van der Waals surface area contributed by atoms with Gasteiger partial charge >= 0.3 is 0 Å². The lowest BCUT2D eigenvalue weighted by Crippen LogP contribution is -2.26. The summed E-state index contributed by atoms with van der Waals surface area (Å²) < 4.78 is 26.6. The monoisotopic (exact) mass is 362 g/mol. The number of sulfonamides is 1. The summed E-state index contributed by atoms with van der Waals surface area (Å²) in [5, 5.41) is 11.0. The van der Waals surface area contributed by atoms with E-state index < -0.39 is 14.9 Å². The van der Waals surface area contributed by atoms with Crippen LogP contribution in [0, 0.1) is 17.0 Å². The first-order chi connectivity index (χ1) is 11.6. The molecule has 0 saturated carbocycles. The van der Waals surface area contributed by atoms with Crippen LogP contribution in [0.2, 0.25) is 0 Å². The van der Waals surface area contributed by atoms with Gasteiger partial charge in [0.2, 0.25) is 10.0 Å². The van der Waals surface area contributed by atoms with Gasteiger partial charge in [-0.15, -0.1) is 0 Å². The van der Waals surface area contributed by atoms with E-state index >= 15 is 0 Å². The maximum Gasteiger partial charge on any atom is 0.273 e. The minimum absolute atomic E-state index is 0.0777. The van der Waals surface area contributed by atoms with Crippen molar-refractivity contribution in [2.75, 3.05) is 7.05 Å². The molecule has 0 aromatic heterocycles. The number of hydrogen-bond acceptors (Lipinski definition) is 4. The standard InChI is InChI=1S/C18H22N2O4S/c1-13(2)16-8-6-15(7-9-16)12-19(4)25(23,24)17-10-5-14(3)18(11-17)20(21)22/h5-11,13H,12H2,1-4H3. The van der Waals surface area contributed by atoms with Gasteiger partial charge in [0, 0.05) is 25.2 Å². The van der Waals surface area contributed by atoms with E-state index in [9.17, 15) is 18.5 Å². The van der Waals surface area contributed by atoms with Crippen molar-refractivity contribution in [3.8, 4) is 0 Å². The summed E-state index contributed by atoms with van der Waals surface area (Å²) >= 11 is 0. The molecule has 7 heteroatoms. The molecule has 0 unspecified atom stereocenters. The second-order valence-electron chi connectivity index (χ2n) is 6.36. The summed E-state index contributed by atoms with van der Waals surface area (Å²) in [6, 6.07) is 11.7. The van der Waals surface area contributed by atoms with Crippen LogP contribution < -0.4 is 0 Å². The molecule has 0 aliphatic heterocycles. The quantitative estimate of drug-likeness (QED) is 0.577. The van der Waals surface area contributed by atoms with Crippen LogP contribution in [0.1, 0.15) is 36.5 Å². The van der Waals surface area contributed by atoms with E-state index in [0.717, 1.165) is 11.6 Å². The third-order valence-electron chi connectivity index (χ3n) is 4.14. The summed E-state index contributed by atoms with van der Waals surface area (Å²) in [6.07, 6.45) is 0. The molecule has 0 atom stereocenters. The van der Waals surface area contributed by atoms with E-state index in [0.29, 0.717) is 11.5 Å². The van der Waals surface area contributed by atoms with Crippen molar-refractivity contribution in [1.29, 1.82) is 0 Å². The van der Waals surface area contributed by atoms with Gasteiger partial charge in [-0.05, 0) is 30.0 Å². The number of hydrogen-bond donors (Lipinski definition) is 0. The van der Waals surface area contributed by atoms with Crippen LogP contribution in [0.5, 0.6) is 0 Å². The number of nitro groups is 1. The van der Waals surface area contributed by atoms with Gasteiger partial charge in [0.25, 0.3) is 5.69 Å². The Morgan fingerprint density at radius 1 is 1.12 bits per heavy atom. The number of benzene rings is 2. The zero-order valence-corrected chi connectivity index (χ0v) is 15.6. The van der Waals surface area contributed by atoms with Crippen LogP contribution in [0.25, 0.3) is 0 Å². The van der Waals surface area contributed by atoms with Crippen LogP contribution in [-0.2, 0) is 16.6 Å². The Morgan fingerprint density at radius 2 is 1.72 bits per heavy atom. The van der Waals surface area contributed by atoms with Gasteiger partial charge in [0.05, 0.1) is 9.82 Å². The highest BCUT2D eigenvalue weighted by Crippen LogP contribution is 2.25. The molecular formula is C18H22N2O4S. The van der Waals surface area contributed by atoms with Crippen molar-refractivity contribution in [3.05, 3.63) is 69.3 Å². The van der Waals surface area contributed by atoms with Gasteiger partial charge in [0.1, 0.15) is 0 Å². The van der Waals surface area contributed by atoms with Crippen molar-refractivity contribution in [3.63, 3.8) is 0 Å². The summed E-state index contributed by atoms with van der Waals surface area (Å²) in [5.41, 5.74) is 2.27. The molecule has 0 heterocycles. The molecule has 0 saturated heterocycles. The predicted molar refractivity (Wildman–Crippen MR) is 97.0 cm³/mol. The fourth-order valence-corrected chi connectivity index (χ4v) is 3.66. The molecule has 0 fully saturated rings. The van der Waals surface area contributed by atoms with Gasteiger partial charge in [-0.25, -0.2) is 8.42 Å². The molecule has 2 aromatic carbocycles. The first-order valence-corrected chi connectivity index (χ1v) is 9.37. The van der Waals surface area contributed by atoms with E-state index in [1.165, 1.54) is 29.0 Å². The Balaban J connectivity index is 2.27. The number of aryl methyl sites for hydroxylation is 1. The Labute approximate surface area is 148 Å². The lowest BCUT2D eigenvalue weighted by Gasteiger charge is -2.18. The summed E-state index contributed by atoms with van der Waals surface area (Å²) in [7, 11) is -2.34.